The van der Waals surface area contributed by atoms with Gasteiger partial charge in [-0.3, -0.25) is 19.7 Å². The predicted molar refractivity (Wildman–Crippen MR) is 92.3 cm³/mol. The predicted octanol–water partition coefficient (Wildman–Crippen LogP) is 1.56. The van der Waals surface area contributed by atoms with E-state index in [-0.39, 0.29) is 18.2 Å². The zero-order valence-electron chi connectivity index (χ0n) is 14.5. The number of urea groups is 1. The van der Waals surface area contributed by atoms with Crippen LogP contribution in [0.2, 0.25) is 0 Å². The van der Waals surface area contributed by atoms with Gasteiger partial charge in [0, 0.05) is 18.2 Å². The fourth-order valence-electron chi connectivity index (χ4n) is 3.34. The minimum absolute atomic E-state index is 0.0537. The molecule has 0 spiro atoms. The summed E-state index contributed by atoms with van der Waals surface area (Å²) in [5.41, 5.74) is 0.619. The van der Waals surface area contributed by atoms with Gasteiger partial charge in [-0.2, -0.15) is 0 Å². The molecule has 0 bridgehead atoms. The average Bonchev–Trinajstić information content (AvgIpc) is 3.11. The summed E-state index contributed by atoms with van der Waals surface area (Å²) in [4.78, 5) is 47.5. The van der Waals surface area contributed by atoms with Gasteiger partial charge in [-0.1, -0.05) is 18.9 Å². The summed E-state index contributed by atoms with van der Waals surface area (Å²) in [6, 6.07) is 3.12. The van der Waals surface area contributed by atoms with Gasteiger partial charge in [-0.05, 0) is 30.5 Å². The number of anilines is 1. The van der Waals surface area contributed by atoms with Gasteiger partial charge in [0.1, 0.15) is 5.82 Å². The minimum Gasteiger partial charge on any atom is -0.455 e. The van der Waals surface area contributed by atoms with Crippen molar-refractivity contribution in [1.29, 1.82) is 0 Å². The topological polar surface area (TPSA) is 114 Å². The van der Waals surface area contributed by atoms with E-state index in [1.54, 1.807) is 0 Å². The Morgan fingerprint density at radius 2 is 1.96 bits per heavy atom. The second-order valence-corrected chi connectivity index (χ2v) is 6.65. The monoisotopic (exact) mass is 377 g/mol. The maximum atomic E-state index is 13.3. The number of rotatable bonds is 4. The number of hydrogen-bond acceptors (Lipinski definition) is 5. The summed E-state index contributed by atoms with van der Waals surface area (Å²) in [5, 5.41) is 7.28. The molecule has 2 aliphatic rings. The van der Waals surface area contributed by atoms with Crippen molar-refractivity contribution in [3.63, 3.8) is 0 Å². The van der Waals surface area contributed by atoms with Crippen LogP contribution in [0.15, 0.2) is 18.2 Å². The molecular weight excluding hydrogens is 357 g/mol. The molecule has 27 heavy (non-hydrogen) atoms. The Balaban J connectivity index is 1.52. The van der Waals surface area contributed by atoms with Gasteiger partial charge in [-0.15, -0.1) is 0 Å². The van der Waals surface area contributed by atoms with Gasteiger partial charge in [0.05, 0.1) is 5.92 Å². The zero-order chi connectivity index (χ0) is 19.4. The number of amides is 4. The molecule has 0 aromatic heterocycles. The SMILES string of the molecule is O=C(COC(=O)C1CC(=O)Nc2cc(F)ccc21)NC(=O)NC1CCCC1. The maximum Gasteiger partial charge on any atom is 0.321 e. The summed E-state index contributed by atoms with van der Waals surface area (Å²) in [5.74, 6) is -3.48. The molecule has 1 heterocycles. The highest BCUT2D eigenvalue weighted by molar-refractivity contribution is 6.00. The van der Waals surface area contributed by atoms with Crippen LogP contribution in [0.25, 0.3) is 0 Å². The van der Waals surface area contributed by atoms with Crippen molar-refractivity contribution < 1.29 is 28.3 Å². The van der Waals surface area contributed by atoms with Gasteiger partial charge >= 0.3 is 12.0 Å². The molecule has 1 aliphatic heterocycles. The van der Waals surface area contributed by atoms with E-state index in [1.807, 2.05) is 0 Å². The van der Waals surface area contributed by atoms with Crippen LogP contribution in [-0.2, 0) is 19.1 Å². The average molecular weight is 377 g/mol. The molecule has 1 aliphatic carbocycles. The summed E-state index contributed by atoms with van der Waals surface area (Å²) in [6.45, 7) is -0.647. The van der Waals surface area contributed by atoms with Crippen molar-refractivity contribution in [2.24, 2.45) is 0 Å². The van der Waals surface area contributed by atoms with Crippen LogP contribution < -0.4 is 16.0 Å². The maximum absolute atomic E-state index is 13.3. The smallest absolute Gasteiger partial charge is 0.321 e. The van der Waals surface area contributed by atoms with Crippen molar-refractivity contribution >= 4 is 29.5 Å². The van der Waals surface area contributed by atoms with E-state index in [0.717, 1.165) is 31.7 Å². The molecule has 4 amide bonds. The number of halogens is 1. The Morgan fingerprint density at radius 3 is 2.70 bits per heavy atom. The molecule has 1 atom stereocenters. The summed E-state index contributed by atoms with van der Waals surface area (Å²) in [7, 11) is 0. The van der Waals surface area contributed by atoms with E-state index < -0.39 is 42.2 Å². The lowest BCUT2D eigenvalue weighted by atomic mass is 9.90. The quantitative estimate of drug-likeness (QED) is 0.689. The van der Waals surface area contributed by atoms with Crippen molar-refractivity contribution in [2.45, 2.75) is 44.1 Å². The van der Waals surface area contributed by atoms with Crippen LogP contribution >= 0.6 is 0 Å². The minimum atomic E-state index is -0.936. The van der Waals surface area contributed by atoms with Crippen molar-refractivity contribution in [3.8, 4) is 0 Å². The van der Waals surface area contributed by atoms with Gasteiger partial charge in [0.15, 0.2) is 6.61 Å². The number of imide groups is 1. The number of benzene rings is 1. The van der Waals surface area contributed by atoms with Gasteiger partial charge in [-0.25, -0.2) is 9.18 Å². The second kappa shape index (κ2) is 8.15. The normalized spacial score (nSPS) is 19.0. The van der Waals surface area contributed by atoms with Crippen LogP contribution in [0.3, 0.4) is 0 Å². The van der Waals surface area contributed by atoms with Crippen LogP contribution in [0, 0.1) is 5.82 Å². The van der Waals surface area contributed by atoms with E-state index in [4.69, 9.17) is 4.74 Å². The highest BCUT2D eigenvalue weighted by atomic mass is 19.1. The molecule has 1 fully saturated rings. The third kappa shape index (κ3) is 4.81. The molecule has 144 valence electrons. The van der Waals surface area contributed by atoms with Crippen LogP contribution in [-0.4, -0.2) is 36.5 Å². The van der Waals surface area contributed by atoms with E-state index in [9.17, 15) is 23.6 Å². The van der Waals surface area contributed by atoms with Crippen molar-refractivity contribution in [3.05, 3.63) is 29.6 Å². The lowest BCUT2D eigenvalue weighted by Gasteiger charge is -2.24. The molecule has 8 nitrogen and oxygen atoms in total. The Kier molecular flexibility index (Phi) is 5.68. The van der Waals surface area contributed by atoms with Crippen molar-refractivity contribution in [2.75, 3.05) is 11.9 Å². The third-order valence-corrected chi connectivity index (χ3v) is 4.63. The number of nitrogens with one attached hydrogen (secondary N) is 3. The Labute approximate surface area is 154 Å². The second-order valence-electron chi connectivity index (χ2n) is 6.65. The molecule has 3 rings (SSSR count). The summed E-state index contributed by atoms with van der Waals surface area (Å²) in [6.07, 6.45) is 3.66. The first-order valence-corrected chi connectivity index (χ1v) is 8.78. The lowest BCUT2D eigenvalue weighted by molar-refractivity contribution is -0.150. The number of carbonyl (C=O) groups excluding carboxylic acids is 4. The standard InChI is InChI=1S/C18H20FN3O5/c19-10-5-6-12-13(8-15(23)21-14(12)7-10)17(25)27-9-16(24)22-18(26)20-11-3-1-2-4-11/h5-7,11,13H,1-4,8-9H2,(H,21,23)(H2,20,22,24,26). The molecule has 0 radical (unpaired) electrons. The number of fused-ring (bicyclic) bond motifs is 1. The van der Waals surface area contributed by atoms with Gasteiger partial charge < -0.3 is 15.4 Å². The largest absolute Gasteiger partial charge is 0.455 e. The van der Waals surface area contributed by atoms with E-state index in [1.165, 1.54) is 12.1 Å². The summed E-state index contributed by atoms with van der Waals surface area (Å²) >= 11 is 0. The van der Waals surface area contributed by atoms with E-state index in [2.05, 4.69) is 16.0 Å². The molecule has 9 heteroatoms. The number of hydrogen-bond donors (Lipinski definition) is 3. The molecule has 1 unspecified atom stereocenters. The highest BCUT2D eigenvalue weighted by Gasteiger charge is 2.32. The van der Waals surface area contributed by atoms with Gasteiger partial charge in [0.25, 0.3) is 5.91 Å². The number of ether oxygens (including phenoxy) is 1. The van der Waals surface area contributed by atoms with Gasteiger partial charge in [0.2, 0.25) is 5.91 Å². The molecule has 1 aromatic rings. The van der Waals surface area contributed by atoms with Crippen LogP contribution in [0.1, 0.15) is 43.6 Å². The molecular formula is C18H20FN3O5. The van der Waals surface area contributed by atoms with Crippen LogP contribution in [0.4, 0.5) is 14.9 Å². The fraction of sp³-hybridized carbons (Fsp3) is 0.444. The molecule has 1 saturated carbocycles. The lowest BCUT2D eigenvalue weighted by Crippen LogP contribution is -2.45. The van der Waals surface area contributed by atoms with Crippen LogP contribution in [0.5, 0.6) is 0 Å². The highest BCUT2D eigenvalue weighted by Crippen LogP contribution is 2.33. The molecule has 1 aromatic carbocycles. The Hall–Kier alpha value is -2.97. The third-order valence-electron chi connectivity index (χ3n) is 4.63. The fourth-order valence-corrected chi connectivity index (χ4v) is 3.34. The first-order chi connectivity index (χ1) is 12.9. The number of esters is 1. The van der Waals surface area contributed by atoms with Crippen molar-refractivity contribution in [1.82, 2.24) is 10.6 Å². The van der Waals surface area contributed by atoms with E-state index in [0.29, 0.717) is 5.56 Å². The number of carbonyl (C=O) groups is 4. The first-order valence-electron chi connectivity index (χ1n) is 8.78. The zero-order valence-corrected chi connectivity index (χ0v) is 14.5. The Morgan fingerprint density at radius 1 is 1.22 bits per heavy atom. The Bertz CT molecular complexity index is 776. The summed E-state index contributed by atoms with van der Waals surface area (Å²) < 4.78 is 18.3. The molecule has 0 saturated heterocycles. The van der Waals surface area contributed by atoms with E-state index >= 15 is 0 Å². The first kappa shape index (κ1) is 18.8. The molecule has 3 N–H and O–H groups in total.